The van der Waals surface area contributed by atoms with Gasteiger partial charge in [-0.05, 0) is 31.0 Å². The zero-order valence-electron chi connectivity index (χ0n) is 16.4. The second-order valence-corrected chi connectivity index (χ2v) is 6.43. The molecule has 0 unspecified atom stereocenters. The molecular weight excluding hydrogens is 366 g/mol. The maximum atomic E-state index is 12.5. The van der Waals surface area contributed by atoms with Crippen molar-refractivity contribution in [2.24, 2.45) is 0 Å². The molecule has 1 heterocycles. The fourth-order valence-corrected chi connectivity index (χ4v) is 3.03. The molecule has 1 atom stereocenters. The highest BCUT2D eigenvalue weighted by Gasteiger charge is 2.21. The molecule has 8 nitrogen and oxygen atoms in total. The standard InChI is InChI=1S/C20H25NO7/c1-5-6-7-14(19(23)24)21-16(22)10-13-11(2)12-8-9-15(26-3)18(27-4)17(12)28-20(13)25/h8-9,14H,5-7,10H2,1-4H3,(H,21,22)(H,23,24)/p-1/t14-/m1/s1. The van der Waals surface area contributed by atoms with Crippen molar-refractivity contribution < 1.29 is 28.6 Å². The lowest BCUT2D eigenvalue weighted by Crippen LogP contribution is -2.48. The van der Waals surface area contributed by atoms with Crippen LogP contribution in [0.4, 0.5) is 0 Å². The molecule has 2 aromatic rings. The summed E-state index contributed by atoms with van der Waals surface area (Å²) in [6.45, 7) is 3.61. The number of carbonyl (C=O) groups is 2. The first-order valence-electron chi connectivity index (χ1n) is 9.01. The minimum absolute atomic E-state index is 0.157. The second-order valence-electron chi connectivity index (χ2n) is 6.43. The Kier molecular flexibility index (Phi) is 7.03. The molecule has 0 radical (unpaired) electrons. The van der Waals surface area contributed by atoms with Gasteiger partial charge in [-0.15, -0.1) is 0 Å². The molecule has 1 N–H and O–H groups in total. The quantitative estimate of drug-likeness (QED) is 0.637. The number of carboxylic acid groups (broad SMARTS) is 1. The fraction of sp³-hybridized carbons (Fsp3) is 0.450. The Bertz CT molecular complexity index is 932. The van der Waals surface area contributed by atoms with Crippen LogP contribution in [-0.2, 0) is 16.0 Å². The van der Waals surface area contributed by atoms with E-state index >= 15 is 0 Å². The van der Waals surface area contributed by atoms with E-state index in [1.165, 1.54) is 14.2 Å². The van der Waals surface area contributed by atoms with E-state index in [0.717, 1.165) is 6.42 Å². The van der Waals surface area contributed by atoms with Gasteiger partial charge in [-0.3, -0.25) is 4.79 Å². The van der Waals surface area contributed by atoms with Crippen LogP contribution in [0.1, 0.15) is 37.3 Å². The maximum Gasteiger partial charge on any atom is 0.340 e. The van der Waals surface area contributed by atoms with Crippen LogP contribution < -0.4 is 25.5 Å². The molecule has 1 aromatic carbocycles. The van der Waals surface area contributed by atoms with E-state index in [-0.39, 0.29) is 29.7 Å². The lowest BCUT2D eigenvalue weighted by molar-refractivity contribution is -0.308. The zero-order chi connectivity index (χ0) is 20.8. The smallest absolute Gasteiger partial charge is 0.340 e. The number of benzene rings is 1. The van der Waals surface area contributed by atoms with Crippen molar-refractivity contribution in [2.75, 3.05) is 14.2 Å². The first-order chi connectivity index (χ1) is 13.3. The van der Waals surface area contributed by atoms with Gasteiger partial charge in [0.05, 0.1) is 38.2 Å². The summed E-state index contributed by atoms with van der Waals surface area (Å²) >= 11 is 0. The predicted octanol–water partition coefficient (Wildman–Crippen LogP) is 1.09. The van der Waals surface area contributed by atoms with Gasteiger partial charge < -0.3 is 29.1 Å². The molecule has 0 saturated carbocycles. The molecule has 1 amide bonds. The fourth-order valence-electron chi connectivity index (χ4n) is 3.03. The molecular formula is C20H24NO7-. The van der Waals surface area contributed by atoms with E-state index in [1.54, 1.807) is 19.1 Å². The molecule has 0 spiro atoms. The van der Waals surface area contributed by atoms with E-state index in [2.05, 4.69) is 5.32 Å². The third kappa shape index (κ3) is 4.44. The Hall–Kier alpha value is -3.03. The summed E-state index contributed by atoms with van der Waals surface area (Å²) in [7, 11) is 2.91. The second kappa shape index (κ2) is 9.25. The number of aryl methyl sites for hydroxylation is 1. The lowest BCUT2D eigenvalue weighted by atomic mass is 10.0. The van der Waals surface area contributed by atoms with Crippen molar-refractivity contribution >= 4 is 22.8 Å². The van der Waals surface area contributed by atoms with Gasteiger partial charge in [-0.1, -0.05) is 19.8 Å². The highest BCUT2D eigenvalue weighted by atomic mass is 16.5. The number of hydrogen-bond acceptors (Lipinski definition) is 7. The summed E-state index contributed by atoms with van der Waals surface area (Å²) in [6, 6.07) is 2.29. The molecule has 2 rings (SSSR count). The van der Waals surface area contributed by atoms with Crippen molar-refractivity contribution in [2.45, 2.75) is 45.6 Å². The number of fused-ring (bicyclic) bond motifs is 1. The van der Waals surface area contributed by atoms with Crippen LogP contribution in [0, 0.1) is 6.92 Å². The Balaban J connectivity index is 2.36. The molecule has 0 bridgehead atoms. The first kappa shape index (κ1) is 21.3. The lowest BCUT2D eigenvalue weighted by Gasteiger charge is -2.19. The first-order valence-corrected chi connectivity index (χ1v) is 9.01. The Labute approximate surface area is 162 Å². The minimum Gasteiger partial charge on any atom is -0.548 e. The van der Waals surface area contributed by atoms with Gasteiger partial charge in [0, 0.05) is 5.39 Å². The molecule has 8 heteroatoms. The van der Waals surface area contributed by atoms with Crippen LogP contribution in [0.15, 0.2) is 21.3 Å². The van der Waals surface area contributed by atoms with Crippen LogP contribution in [0.3, 0.4) is 0 Å². The van der Waals surface area contributed by atoms with Crippen molar-refractivity contribution in [3.05, 3.63) is 33.7 Å². The number of rotatable bonds is 9. The summed E-state index contributed by atoms with van der Waals surface area (Å²) < 4.78 is 15.9. The molecule has 1 aromatic heterocycles. The van der Waals surface area contributed by atoms with Crippen molar-refractivity contribution in [1.29, 1.82) is 0 Å². The minimum atomic E-state index is -1.35. The van der Waals surface area contributed by atoms with E-state index in [9.17, 15) is 19.5 Å². The number of carboxylic acids is 1. The SMILES string of the molecule is CCCC[C@@H](NC(=O)Cc1c(C)c2ccc(OC)c(OC)c2oc1=O)C(=O)[O-]. The third-order valence-electron chi connectivity index (χ3n) is 4.60. The molecule has 152 valence electrons. The van der Waals surface area contributed by atoms with Gasteiger partial charge in [0.1, 0.15) is 0 Å². The number of carbonyl (C=O) groups excluding carboxylic acids is 2. The van der Waals surface area contributed by atoms with Crippen molar-refractivity contribution in [3.8, 4) is 11.5 Å². The van der Waals surface area contributed by atoms with E-state index < -0.39 is 23.5 Å². The van der Waals surface area contributed by atoms with Gasteiger partial charge in [-0.25, -0.2) is 4.79 Å². The Morgan fingerprint density at radius 1 is 1.25 bits per heavy atom. The van der Waals surface area contributed by atoms with Crippen LogP contribution >= 0.6 is 0 Å². The molecule has 0 fully saturated rings. The van der Waals surface area contributed by atoms with Crippen molar-refractivity contribution in [3.63, 3.8) is 0 Å². The van der Waals surface area contributed by atoms with Crippen LogP contribution in [-0.4, -0.2) is 32.1 Å². The summed E-state index contributed by atoms with van der Waals surface area (Å²) in [4.78, 5) is 36.0. The van der Waals surface area contributed by atoms with Crippen LogP contribution in [0.2, 0.25) is 0 Å². The van der Waals surface area contributed by atoms with Gasteiger partial charge in [0.15, 0.2) is 11.3 Å². The predicted molar refractivity (Wildman–Crippen MR) is 100 cm³/mol. The molecule has 28 heavy (non-hydrogen) atoms. The van der Waals surface area contributed by atoms with E-state index in [4.69, 9.17) is 13.9 Å². The van der Waals surface area contributed by atoms with Gasteiger partial charge in [0.25, 0.3) is 0 Å². The maximum absolute atomic E-state index is 12.5. The van der Waals surface area contributed by atoms with Gasteiger partial charge in [-0.2, -0.15) is 0 Å². The number of aliphatic carboxylic acids is 1. The average molecular weight is 390 g/mol. The Morgan fingerprint density at radius 3 is 2.54 bits per heavy atom. The van der Waals surface area contributed by atoms with Crippen LogP contribution in [0.5, 0.6) is 11.5 Å². The van der Waals surface area contributed by atoms with Crippen LogP contribution in [0.25, 0.3) is 11.0 Å². The molecule has 0 aliphatic carbocycles. The Morgan fingerprint density at radius 2 is 1.96 bits per heavy atom. The number of methoxy groups -OCH3 is 2. The average Bonchev–Trinajstić information content (AvgIpc) is 2.67. The monoisotopic (exact) mass is 390 g/mol. The van der Waals surface area contributed by atoms with Gasteiger partial charge >= 0.3 is 5.63 Å². The molecule has 0 aliphatic heterocycles. The number of amides is 1. The van der Waals surface area contributed by atoms with Gasteiger partial charge in [0.2, 0.25) is 11.7 Å². The summed E-state index contributed by atoms with van der Waals surface area (Å²) in [6.07, 6.45) is 1.40. The summed E-state index contributed by atoms with van der Waals surface area (Å²) in [5, 5.41) is 14.2. The number of unbranched alkanes of at least 4 members (excludes halogenated alkanes) is 1. The third-order valence-corrected chi connectivity index (χ3v) is 4.60. The van der Waals surface area contributed by atoms with Crippen molar-refractivity contribution in [1.82, 2.24) is 5.32 Å². The topological polar surface area (TPSA) is 118 Å². The highest BCUT2D eigenvalue weighted by molar-refractivity contribution is 5.90. The molecule has 0 saturated heterocycles. The largest absolute Gasteiger partial charge is 0.548 e. The number of hydrogen-bond donors (Lipinski definition) is 1. The number of ether oxygens (including phenoxy) is 2. The normalized spacial score (nSPS) is 11.9. The summed E-state index contributed by atoms with van der Waals surface area (Å²) in [5.74, 6) is -1.23. The van der Waals surface area contributed by atoms with E-state index in [0.29, 0.717) is 23.1 Å². The van der Waals surface area contributed by atoms with E-state index in [1.807, 2.05) is 6.92 Å². The number of nitrogens with one attached hydrogen (secondary N) is 1. The molecule has 0 aliphatic rings. The highest BCUT2D eigenvalue weighted by Crippen LogP contribution is 2.36. The zero-order valence-corrected chi connectivity index (χ0v) is 16.4. The summed E-state index contributed by atoms with van der Waals surface area (Å²) in [5.41, 5.74) is 0.250.